The molecule has 2 N–H and O–H groups in total. The van der Waals surface area contributed by atoms with E-state index in [1.54, 1.807) is 12.1 Å². The quantitative estimate of drug-likeness (QED) is 0.730. The molecule has 0 fully saturated rings. The second-order valence-electron chi connectivity index (χ2n) is 5.38. The summed E-state index contributed by atoms with van der Waals surface area (Å²) in [4.78, 5) is 4.41. The highest BCUT2D eigenvalue weighted by molar-refractivity contribution is 5.64. The van der Waals surface area contributed by atoms with Crippen molar-refractivity contribution in [1.82, 2.24) is 15.2 Å². The predicted molar refractivity (Wildman–Crippen MR) is 93.3 cm³/mol. The van der Waals surface area contributed by atoms with E-state index >= 15 is 0 Å². The SMILES string of the molecule is CCc1cccc(C)c1Nc1nncc(Nc2ccc(F)cc2)n1. The van der Waals surface area contributed by atoms with Crippen LogP contribution in [0.15, 0.2) is 48.7 Å². The van der Waals surface area contributed by atoms with E-state index in [1.807, 2.05) is 19.1 Å². The highest BCUT2D eigenvalue weighted by Gasteiger charge is 2.07. The molecule has 0 saturated heterocycles. The molecule has 0 bridgehead atoms. The molecule has 0 spiro atoms. The summed E-state index contributed by atoms with van der Waals surface area (Å²) >= 11 is 0. The van der Waals surface area contributed by atoms with E-state index in [0.29, 0.717) is 11.8 Å². The smallest absolute Gasteiger partial charge is 0.249 e. The van der Waals surface area contributed by atoms with Gasteiger partial charge >= 0.3 is 0 Å². The Bertz CT molecular complexity index is 833. The van der Waals surface area contributed by atoms with E-state index < -0.39 is 0 Å². The van der Waals surface area contributed by atoms with Crippen LogP contribution in [0.5, 0.6) is 0 Å². The Hall–Kier alpha value is -3.02. The van der Waals surface area contributed by atoms with Gasteiger partial charge in [-0.05, 0) is 48.7 Å². The Morgan fingerprint density at radius 2 is 1.83 bits per heavy atom. The lowest BCUT2D eigenvalue weighted by Crippen LogP contribution is -2.05. The average molecular weight is 323 g/mol. The van der Waals surface area contributed by atoms with Gasteiger partial charge in [0.1, 0.15) is 5.82 Å². The first-order chi connectivity index (χ1) is 11.7. The minimum Gasteiger partial charge on any atom is -0.339 e. The van der Waals surface area contributed by atoms with Crippen molar-refractivity contribution < 1.29 is 4.39 Å². The Morgan fingerprint density at radius 3 is 2.58 bits per heavy atom. The number of rotatable bonds is 5. The molecular weight excluding hydrogens is 305 g/mol. The molecule has 6 heteroatoms. The predicted octanol–water partition coefficient (Wildman–Crippen LogP) is 4.37. The second-order valence-corrected chi connectivity index (χ2v) is 5.38. The fourth-order valence-corrected chi connectivity index (χ4v) is 2.41. The molecule has 0 atom stereocenters. The average Bonchev–Trinajstić information content (AvgIpc) is 2.59. The van der Waals surface area contributed by atoms with Crippen molar-refractivity contribution in [3.8, 4) is 0 Å². The third-order valence-electron chi connectivity index (χ3n) is 3.65. The molecule has 0 aliphatic heterocycles. The van der Waals surface area contributed by atoms with Crippen LogP contribution in [0, 0.1) is 12.7 Å². The van der Waals surface area contributed by atoms with Gasteiger partial charge in [-0.25, -0.2) is 4.39 Å². The number of hydrogen-bond donors (Lipinski definition) is 2. The number of nitrogens with zero attached hydrogens (tertiary/aromatic N) is 3. The van der Waals surface area contributed by atoms with Crippen LogP contribution in [-0.4, -0.2) is 15.2 Å². The number of hydrogen-bond acceptors (Lipinski definition) is 5. The summed E-state index contributed by atoms with van der Waals surface area (Å²) < 4.78 is 13.0. The zero-order valence-corrected chi connectivity index (χ0v) is 13.5. The van der Waals surface area contributed by atoms with Crippen molar-refractivity contribution in [1.29, 1.82) is 0 Å². The number of benzene rings is 2. The van der Waals surface area contributed by atoms with Gasteiger partial charge in [0.15, 0.2) is 5.82 Å². The van der Waals surface area contributed by atoms with Crippen molar-refractivity contribution in [3.05, 3.63) is 65.6 Å². The Morgan fingerprint density at radius 1 is 1.04 bits per heavy atom. The number of nitrogens with one attached hydrogen (secondary N) is 2. The number of para-hydroxylation sites is 1. The van der Waals surface area contributed by atoms with Gasteiger partial charge in [-0.2, -0.15) is 10.1 Å². The third-order valence-corrected chi connectivity index (χ3v) is 3.65. The Labute approximate surface area is 140 Å². The molecular formula is C18H18FN5. The van der Waals surface area contributed by atoms with Gasteiger partial charge in [0.25, 0.3) is 0 Å². The first-order valence-corrected chi connectivity index (χ1v) is 7.73. The highest BCUT2D eigenvalue weighted by atomic mass is 19.1. The van der Waals surface area contributed by atoms with E-state index in [4.69, 9.17) is 0 Å². The van der Waals surface area contributed by atoms with Gasteiger partial charge < -0.3 is 10.6 Å². The van der Waals surface area contributed by atoms with E-state index in [1.165, 1.54) is 23.9 Å². The maximum atomic E-state index is 13.0. The van der Waals surface area contributed by atoms with Gasteiger partial charge in [0.05, 0.1) is 6.20 Å². The van der Waals surface area contributed by atoms with Gasteiger partial charge in [-0.1, -0.05) is 25.1 Å². The van der Waals surface area contributed by atoms with Crippen molar-refractivity contribution in [2.24, 2.45) is 0 Å². The largest absolute Gasteiger partial charge is 0.339 e. The molecule has 3 rings (SSSR count). The standard InChI is InChI=1S/C18H18FN5/c1-3-13-6-4-5-12(2)17(13)23-18-22-16(11-20-24-18)21-15-9-7-14(19)8-10-15/h4-11H,3H2,1-2H3,(H2,21,22,23,24). The zero-order valence-electron chi connectivity index (χ0n) is 13.5. The van der Waals surface area contributed by atoms with Gasteiger partial charge in [-0.15, -0.1) is 5.10 Å². The summed E-state index contributed by atoms with van der Waals surface area (Å²) in [7, 11) is 0. The summed E-state index contributed by atoms with van der Waals surface area (Å²) in [5, 5.41) is 14.3. The molecule has 1 aromatic heterocycles. The molecule has 0 aliphatic rings. The molecule has 24 heavy (non-hydrogen) atoms. The van der Waals surface area contributed by atoms with Gasteiger partial charge in [-0.3, -0.25) is 0 Å². The first-order valence-electron chi connectivity index (χ1n) is 7.73. The summed E-state index contributed by atoms with van der Waals surface area (Å²) in [6.07, 6.45) is 2.43. The molecule has 0 amide bonds. The fourth-order valence-electron chi connectivity index (χ4n) is 2.41. The summed E-state index contributed by atoms with van der Waals surface area (Å²) in [6.45, 7) is 4.14. The van der Waals surface area contributed by atoms with Crippen LogP contribution >= 0.6 is 0 Å². The minimum atomic E-state index is -0.282. The molecule has 5 nitrogen and oxygen atoms in total. The molecule has 0 saturated carbocycles. The van der Waals surface area contributed by atoms with Crippen LogP contribution in [0.25, 0.3) is 0 Å². The maximum absolute atomic E-state index is 13.0. The van der Waals surface area contributed by atoms with Crippen LogP contribution in [-0.2, 0) is 6.42 Å². The number of halogens is 1. The van der Waals surface area contributed by atoms with E-state index in [9.17, 15) is 4.39 Å². The van der Waals surface area contributed by atoms with Crippen LogP contribution < -0.4 is 10.6 Å². The zero-order chi connectivity index (χ0) is 16.9. The molecule has 0 radical (unpaired) electrons. The molecule has 2 aromatic carbocycles. The number of aryl methyl sites for hydroxylation is 2. The van der Waals surface area contributed by atoms with Crippen LogP contribution in [0.4, 0.5) is 27.5 Å². The van der Waals surface area contributed by atoms with Crippen LogP contribution in [0.1, 0.15) is 18.1 Å². The topological polar surface area (TPSA) is 62.7 Å². The van der Waals surface area contributed by atoms with Gasteiger partial charge in [0, 0.05) is 11.4 Å². The van der Waals surface area contributed by atoms with Crippen molar-refractivity contribution in [2.45, 2.75) is 20.3 Å². The summed E-state index contributed by atoms with van der Waals surface area (Å²) in [6, 6.07) is 12.2. The Balaban J connectivity index is 1.82. The Kier molecular flexibility index (Phi) is 4.65. The summed E-state index contributed by atoms with van der Waals surface area (Å²) in [5.74, 6) is 0.659. The van der Waals surface area contributed by atoms with E-state index in [0.717, 1.165) is 23.4 Å². The maximum Gasteiger partial charge on any atom is 0.249 e. The lowest BCUT2D eigenvalue weighted by Gasteiger charge is -2.13. The summed E-state index contributed by atoms with van der Waals surface area (Å²) in [5.41, 5.74) is 4.04. The number of anilines is 4. The molecule has 1 heterocycles. The highest BCUT2D eigenvalue weighted by Crippen LogP contribution is 2.24. The molecule has 0 unspecified atom stereocenters. The monoisotopic (exact) mass is 323 g/mol. The lowest BCUT2D eigenvalue weighted by atomic mass is 10.1. The molecule has 0 aliphatic carbocycles. The first kappa shape index (κ1) is 15.9. The van der Waals surface area contributed by atoms with Crippen LogP contribution in [0.3, 0.4) is 0 Å². The van der Waals surface area contributed by atoms with Crippen molar-refractivity contribution in [3.63, 3.8) is 0 Å². The van der Waals surface area contributed by atoms with Gasteiger partial charge in [0.2, 0.25) is 5.95 Å². The second kappa shape index (κ2) is 7.04. The minimum absolute atomic E-state index is 0.282. The van der Waals surface area contributed by atoms with E-state index in [2.05, 4.69) is 38.8 Å². The normalized spacial score (nSPS) is 10.5. The lowest BCUT2D eigenvalue weighted by molar-refractivity contribution is 0.628. The molecule has 3 aromatic rings. The fraction of sp³-hybridized carbons (Fsp3) is 0.167. The molecule has 122 valence electrons. The van der Waals surface area contributed by atoms with Crippen molar-refractivity contribution >= 4 is 23.1 Å². The van der Waals surface area contributed by atoms with Crippen LogP contribution in [0.2, 0.25) is 0 Å². The van der Waals surface area contributed by atoms with E-state index in [-0.39, 0.29) is 5.82 Å². The number of aromatic nitrogens is 3. The van der Waals surface area contributed by atoms with Crippen molar-refractivity contribution in [2.75, 3.05) is 10.6 Å². The third kappa shape index (κ3) is 3.65.